The molecule has 3 aliphatic rings. The molecule has 0 bridgehead atoms. The predicted octanol–water partition coefficient (Wildman–Crippen LogP) is 1.91. The minimum Gasteiger partial charge on any atom is -0.481 e. The van der Waals surface area contributed by atoms with E-state index in [0.717, 1.165) is 24.7 Å². The molecule has 112 valence electrons. The lowest BCUT2D eigenvalue weighted by atomic mass is 9.89. The zero-order chi connectivity index (χ0) is 14.4. The molecule has 4 nitrogen and oxygen atoms in total. The van der Waals surface area contributed by atoms with E-state index in [1.165, 1.54) is 31.4 Å². The summed E-state index contributed by atoms with van der Waals surface area (Å²) >= 11 is 0. The lowest BCUT2D eigenvalue weighted by Crippen LogP contribution is -2.44. The van der Waals surface area contributed by atoms with Gasteiger partial charge in [-0.25, -0.2) is 0 Å². The van der Waals surface area contributed by atoms with Crippen LogP contribution >= 0.6 is 0 Å². The average molecular weight is 286 g/mol. The van der Waals surface area contributed by atoms with E-state index < -0.39 is 5.97 Å². The second-order valence-electron chi connectivity index (χ2n) is 6.69. The highest BCUT2D eigenvalue weighted by atomic mass is 16.4. The van der Waals surface area contributed by atoms with Crippen LogP contribution in [-0.2, 0) is 11.3 Å². The van der Waals surface area contributed by atoms with Crippen molar-refractivity contribution >= 4 is 5.97 Å². The largest absolute Gasteiger partial charge is 0.481 e. The fraction of sp³-hybridized carbons (Fsp3) is 0.588. The zero-order valence-electron chi connectivity index (χ0n) is 12.2. The van der Waals surface area contributed by atoms with Crippen LogP contribution in [0.4, 0.5) is 0 Å². The molecule has 1 aromatic rings. The van der Waals surface area contributed by atoms with Gasteiger partial charge in [-0.15, -0.1) is 0 Å². The van der Waals surface area contributed by atoms with Crippen molar-refractivity contribution in [3.8, 4) is 0 Å². The van der Waals surface area contributed by atoms with Gasteiger partial charge < -0.3 is 5.11 Å². The number of hydrogen-bond donors (Lipinski definition) is 1. The molecule has 1 N–H and O–H groups in total. The van der Waals surface area contributed by atoms with Gasteiger partial charge in [0.15, 0.2) is 0 Å². The van der Waals surface area contributed by atoms with Crippen molar-refractivity contribution in [2.24, 2.45) is 0 Å². The molecule has 1 aliphatic carbocycles. The van der Waals surface area contributed by atoms with Gasteiger partial charge in [0.25, 0.3) is 0 Å². The van der Waals surface area contributed by atoms with Crippen LogP contribution in [0, 0.1) is 0 Å². The number of aliphatic carboxylic acids is 1. The smallest absolute Gasteiger partial charge is 0.312 e. The predicted molar refractivity (Wildman–Crippen MR) is 80.2 cm³/mol. The van der Waals surface area contributed by atoms with Gasteiger partial charge in [0.1, 0.15) is 0 Å². The molecule has 4 rings (SSSR count). The van der Waals surface area contributed by atoms with Gasteiger partial charge in [0, 0.05) is 38.3 Å². The van der Waals surface area contributed by atoms with E-state index in [-0.39, 0.29) is 5.92 Å². The first kappa shape index (κ1) is 13.3. The molecule has 0 amide bonds. The Morgan fingerprint density at radius 3 is 2.62 bits per heavy atom. The number of carbonyl (C=O) groups is 1. The molecule has 0 spiro atoms. The Morgan fingerprint density at radius 2 is 1.86 bits per heavy atom. The third-order valence-corrected chi connectivity index (χ3v) is 5.29. The van der Waals surface area contributed by atoms with Crippen LogP contribution in [0.25, 0.3) is 0 Å². The molecule has 0 aromatic heterocycles. The highest BCUT2D eigenvalue weighted by Crippen LogP contribution is 2.34. The van der Waals surface area contributed by atoms with Crippen LogP contribution in [0.3, 0.4) is 0 Å². The maximum atomic E-state index is 11.6. The first-order valence-electron chi connectivity index (χ1n) is 8.01. The monoisotopic (exact) mass is 286 g/mol. The van der Waals surface area contributed by atoms with Crippen molar-refractivity contribution in [2.45, 2.75) is 43.8 Å². The Kier molecular flexibility index (Phi) is 3.23. The van der Waals surface area contributed by atoms with E-state index in [0.29, 0.717) is 12.6 Å². The Bertz CT molecular complexity index is 555. The highest BCUT2D eigenvalue weighted by molar-refractivity contribution is 5.77. The standard InChI is InChI=1S/C17H22N2O2/c20-17(21)16-11-19(9-12-3-1-2-4-15(12)16)14-7-8-18(10-14)13-5-6-13/h1-4,13-14,16H,5-11H2,(H,20,21). The maximum absolute atomic E-state index is 11.6. The van der Waals surface area contributed by atoms with Crippen LogP contribution < -0.4 is 0 Å². The molecule has 2 unspecified atom stereocenters. The topological polar surface area (TPSA) is 43.8 Å². The number of nitrogens with zero attached hydrogens (tertiary/aromatic N) is 2. The fourth-order valence-electron chi connectivity index (χ4n) is 3.96. The Hall–Kier alpha value is -1.39. The number of carboxylic acid groups (broad SMARTS) is 1. The summed E-state index contributed by atoms with van der Waals surface area (Å²) in [6.07, 6.45) is 3.89. The third kappa shape index (κ3) is 2.47. The van der Waals surface area contributed by atoms with Crippen LogP contribution in [0.5, 0.6) is 0 Å². The zero-order valence-corrected chi connectivity index (χ0v) is 12.2. The van der Waals surface area contributed by atoms with Gasteiger partial charge >= 0.3 is 5.97 Å². The second-order valence-corrected chi connectivity index (χ2v) is 6.69. The Morgan fingerprint density at radius 1 is 1.05 bits per heavy atom. The summed E-state index contributed by atoms with van der Waals surface area (Å²) in [5, 5.41) is 9.56. The lowest BCUT2D eigenvalue weighted by Gasteiger charge is -2.36. The van der Waals surface area contributed by atoms with Crippen LogP contribution in [0.2, 0.25) is 0 Å². The van der Waals surface area contributed by atoms with E-state index in [4.69, 9.17) is 0 Å². The summed E-state index contributed by atoms with van der Waals surface area (Å²) in [6, 6.07) is 9.39. The first-order valence-corrected chi connectivity index (χ1v) is 8.01. The maximum Gasteiger partial charge on any atom is 0.312 e. The number of carboxylic acids is 1. The number of rotatable bonds is 3. The molecule has 21 heavy (non-hydrogen) atoms. The quantitative estimate of drug-likeness (QED) is 0.922. The molecule has 0 radical (unpaired) electrons. The van der Waals surface area contributed by atoms with Gasteiger partial charge in [-0.2, -0.15) is 0 Å². The molecular weight excluding hydrogens is 264 g/mol. The van der Waals surface area contributed by atoms with E-state index >= 15 is 0 Å². The van der Waals surface area contributed by atoms with Crippen molar-refractivity contribution < 1.29 is 9.90 Å². The van der Waals surface area contributed by atoms with Crippen molar-refractivity contribution in [2.75, 3.05) is 19.6 Å². The summed E-state index contributed by atoms with van der Waals surface area (Å²) in [5.41, 5.74) is 2.21. The highest BCUT2D eigenvalue weighted by Gasteiger charge is 2.39. The van der Waals surface area contributed by atoms with Gasteiger partial charge in [0.2, 0.25) is 0 Å². The van der Waals surface area contributed by atoms with Crippen molar-refractivity contribution in [3.63, 3.8) is 0 Å². The molecule has 2 heterocycles. The van der Waals surface area contributed by atoms with E-state index in [1.54, 1.807) is 0 Å². The number of hydrogen-bond acceptors (Lipinski definition) is 3. The van der Waals surface area contributed by atoms with Crippen LogP contribution in [0.1, 0.15) is 36.3 Å². The minimum absolute atomic E-state index is 0.370. The molecule has 4 heteroatoms. The van der Waals surface area contributed by atoms with Crippen LogP contribution in [-0.4, -0.2) is 52.6 Å². The summed E-state index contributed by atoms with van der Waals surface area (Å²) < 4.78 is 0. The third-order valence-electron chi connectivity index (χ3n) is 5.29. The second kappa shape index (κ2) is 5.11. The molecule has 2 aliphatic heterocycles. The van der Waals surface area contributed by atoms with Gasteiger partial charge in [-0.3, -0.25) is 14.6 Å². The molecule has 2 fully saturated rings. The van der Waals surface area contributed by atoms with Crippen LogP contribution in [0.15, 0.2) is 24.3 Å². The normalized spacial score (nSPS) is 30.3. The SMILES string of the molecule is O=C(O)C1CN(C2CCN(C3CC3)C2)Cc2ccccc21. The van der Waals surface area contributed by atoms with Gasteiger partial charge in [-0.1, -0.05) is 24.3 Å². The number of fused-ring (bicyclic) bond motifs is 1. The number of likely N-dealkylation sites (tertiary alicyclic amines) is 1. The van der Waals surface area contributed by atoms with E-state index in [2.05, 4.69) is 15.9 Å². The summed E-state index contributed by atoms with van der Waals surface area (Å²) in [6.45, 7) is 3.88. The minimum atomic E-state index is -0.691. The summed E-state index contributed by atoms with van der Waals surface area (Å²) in [4.78, 5) is 16.6. The van der Waals surface area contributed by atoms with E-state index in [9.17, 15) is 9.90 Å². The fourth-order valence-corrected chi connectivity index (χ4v) is 3.96. The Labute approximate surface area is 125 Å². The number of benzene rings is 1. The van der Waals surface area contributed by atoms with Crippen molar-refractivity contribution in [1.82, 2.24) is 9.80 Å². The van der Waals surface area contributed by atoms with Gasteiger partial charge in [0.05, 0.1) is 5.92 Å². The summed E-state index contributed by atoms with van der Waals surface area (Å²) in [7, 11) is 0. The average Bonchev–Trinajstić information content (AvgIpc) is 3.23. The van der Waals surface area contributed by atoms with E-state index in [1.807, 2.05) is 18.2 Å². The molecule has 1 aromatic carbocycles. The molecule has 2 atom stereocenters. The van der Waals surface area contributed by atoms with Gasteiger partial charge in [-0.05, 0) is 30.4 Å². The van der Waals surface area contributed by atoms with Crippen molar-refractivity contribution in [3.05, 3.63) is 35.4 Å². The molecule has 1 saturated carbocycles. The Balaban J connectivity index is 1.54. The lowest BCUT2D eigenvalue weighted by molar-refractivity contribution is -0.139. The van der Waals surface area contributed by atoms with Crippen molar-refractivity contribution in [1.29, 1.82) is 0 Å². The molecular formula is C17H22N2O2. The first-order chi connectivity index (χ1) is 10.2. The summed E-state index contributed by atoms with van der Waals surface area (Å²) in [5.74, 6) is -1.06. The molecule has 1 saturated heterocycles.